The molecule has 0 radical (unpaired) electrons. The van der Waals surface area contributed by atoms with Crippen LogP contribution in [0.5, 0.6) is 0 Å². The average Bonchev–Trinajstić information content (AvgIpc) is 2.81. The lowest BCUT2D eigenvalue weighted by Gasteiger charge is -2.29. The Hall–Kier alpha value is -2.25. The van der Waals surface area contributed by atoms with Crippen molar-refractivity contribution < 1.29 is 4.39 Å². The fourth-order valence-electron chi connectivity index (χ4n) is 4.68. The number of benzene rings is 1. The minimum atomic E-state index is -0.122. The van der Waals surface area contributed by atoms with E-state index in [-0.39, 0.29) is 11.9 Å². The number of hydrogen-bond donors (Lipinski definition) is 1. The first-order valence-corrected chi connectivity index (χ1v) is 12.0. The van der Waals surface area contributed by atoms with Gasteiger partial charge in [-0.2, -0.15) is 0 Å². The minimum Gasteiger partial charge on any atom is -0.371 e. The maximum Gasteiger partial charge on any atom is 0.147 e. The van der Waals surface area contributed by atoms with E-state index in [0.29, 0.717) is 13.1 Å². The van der Waals surface area contributed by atoms with Gasteiger partial charge < -0.3 is 15.1 Å². The Balaban J connectivity index is 1.45. The van der Waals surface area contributed by atoms with Crippen LogP contribution < -0.4 is 15.1 Å². The van der Waals surface area contributed by atoms with Crippen LogP contribution in [0.1, 0.15) is 61.6 Å². The van der Waals surface area contributed by atoms with Crippen LogP contribution in [0.4, 0.5) is 15.9 Å². The van der Waals surface area contributed by atoms with E-state index in [1.807, 2.05) is 38.2 Å². The summed E-state index contributed by atoms with van der Waals surface area (Å²) in [6.07, 6.45) is 7.15. The van der Waals surface area contributed by atoms with Gasteiger partial charge in [0.1, 0.15) is 17.5 Å². The minimum absolute atomic E-state index is 0.122. The number of rotatable bonds is 7. The zero-order chi connectivity index (χ0) is 22.5. The maximum absolute atomic E-state index is 14.9. The first-order chi connectivity index (χ1) is 15.5. The van der Waals surface area contributed by atoms with E-state index in [1.54, 1.807) is 6.07 Å². The van der Waals surface area contributed by atoms with Crippen molar-refractivity contribution in [3.63, 3.8) is 0 Å². The summed E-state index contributed by atoms with van der Waals surface area (Å²) in [5.74, 6) is 1.67. The highest BCUT2D eigenvalue weighted by molar-refractivity contribution is 5.48. The second kappa shape index (κ2) is 10.6. The van der Waals surface area contributed by atoms with E-state index in [0.717, 1.165) is 54.6 Å². The molecule has 2 saturated heterocycles. The number of aromatic nitrogens is 2. The van der Waals surface area contributed by atoms with Gasteiger partial charge in [0.2, 0.25) is 0 Å². The second-order valence-electron chi connectivity index (χ2n) is 9.47. The van der Waals surface area contributed by atoms with Crippen molar-refractivity contribution in [2.24, 2.45) is 0 Å². The third-order valence-corrected chi connectivity index (χ3v) is 6.49. The van der Waals surface area contributed by atoms with E-state index in [4.69, 9.17) is 9.97 Å². The molecule has 0 unspecified atom stereocenters. The van der Waals surface area contributed by atoms with Crippen LogP contribution in [0.3, 0.4) is 0 Å². The highest BCUT2D eigenvalue weighted by Gasteiger charge is 2.20. The molecule has 1 atom stereocenters. The first kappa shape index (κ1) is 22.9. The van der Waals surface area contributed by atoms with Gasteiger partial charge in [-0.15, -0.1) is 0 Å². The molecule has 0 amide bonds. The smallest absolute Gasteiger partial charge is 0.147 e. The molecule has 3 heterocycles. The van der Waals surface area contributed by atoms with Crippen LogP contribution >= 0.6 is 0 Å². The normalized spacial score (nSPS) is 19.4. The van der Waals surface area contributed by atoms with Gasteiger partial charge in [-0.3, -0.25) is 4.90 Å². The fourth-order valence-corrected chi connectivity index (χ4v) is 4.68. The molecular formula is C25H37FN6. The summed E-state index contributed by atoms with van der Waals surface area (Å²) in [6, 6.07) is 7.97. The van der Waals surface area contributed by atoms with E-state index < -0.39 is 0 Å². The maximum atomic E-state index is 14.9. The Kier molecular flexibility index (Phi) is 7.58. The molecule has 0 aliphatic carbocycles. The fraction of sp³-hybridized carbons (Fsp3) is 0.600. The van der Waals surface area contributed by atoms with Crippen molar-refractivity contribution >= 4 is 11.5 Å². The Bertz CT molecular complexity index is 890. The zero-order valence-electron chi connectivity index (χ0n) is 19.8. The molecule has 1 aromatic heterocycles. The monoisotopic (exact) mass is 440 g/mol. The number of piperidine rings is 2. The first-order valence-electron chi connectivity index (χ1n) is 12.0. The Labute approximate surface area is 191 Å². The van der Waals surface area contributed by atoms with E-state index in [2.05, 4.69) is 21.2 Å². The molecule has 7 heteroatoms. The van der Waals surface area contributed by atoms with Gasteiger partial charge in [0.25, 0.3) is 0 Å². The Morgan fingerprint density at radius 2 is 1.81 bits per heavy atom. The van der Waals surface area contributed by atoms with Crippen LogP contribution in [-0.4, -0.2) is 55.6 Å². The van der Waals surface area contributed by atoms with Crippen LogP contribution in [0.2, 0.25) is 0 Å². The standard InChI is InChI=1S/C25H37FN6/c1-30(2)24-15-20(28-25(29-24)23-9-5-6-12-27-23)18-31(3)17-19-10-11-21(16-22(19)26)32-13-7-4-8-14-32/h10-11,15-16,23,27H,4-9,12-14,17-18H2,1-3H3/t23-/m0/s1. The summed E-state index contributed by atoms with van der Waals surface area (Å²) in [7, 11) is 6.04. The highest BCUT2D eigenvalue weighted by atomic mass is 19.1. The lowest BCUT2D eigenvalue weighted by atomic mass is 10.0. The molecule has 32 heavy (non-hydrogen) atoms. The number of anilines is 2. The molecule has 0 spiro atoms. The molecule has 174 valence electrons. The van der Waals surface area contributed by atoms with E-state index >= 15 is 0 Å². The molecule has 4 rings (SSSR count). The van der Waals surface area contributed by atoms with Gasteiger partial charge in [-0.05, 0) is 57.8 Å². The van der Waals surface area contributed by atoms with Gasteiger partial charge in [0.05, 0.1) is 11.7 Å². The average molecular weight is 441 g/mol. The number of nitrogens with one attached hydrogen (secondary N) is 1. The molecule has 6 nitrogen and oxygen atoms in total. The van der Waals surface area contributed by atoms with E-state index in [1.165, 1.54) is 32.1 Å². The molecule has 0 saturated carbocycles. The van der Waals surface area contributed by atoms with Gasteiger partial charge in [0.15, 0.2) is 0 Å². The molecule has 2 aliphatic rings. The molecule has 0 bridgehead atoms. The molecule has 2 aromatic rings. The summed E-state index contributed by atoms with van der Waals surface area (Å²) in [5.41, 5.74) is 2.70. The van der Waals surface area contributed by atoms with Crippen LogP contribution in [0, 0.1) is 5.82 Å². The molecular weight excluding hydrogens is 403 g/mol. The largest absolute Gasteiger partial charge is 0.371 e. The summed E-state index contributed by atoms with van der Waals surface area (Å²) in [4.78, 5) is 16.1. The highest BCUT2D eigenvalue weighted by Crippen LogP contribution is 2.25. The van der Waals surface area contributed by atoms with Gasteiger partial charge in [-0.1, -0.05) is 12.5 Å². The predicted octanol–water partition coefficient (Wildman–Crippen LogP) is 4.12. The van der Waals surface area contributed by atoms with Gasteiger partial charge >= 0.3 is 0 Å². The lowest BCUT2D eigenvalue weighted by molar-refractivity contribution is 0.308. The molecule has 1 N–H and O–H groups in total. The van der Waals surface area contributed by atoms with E-state index in [9.17, 15) is 4.39 Å². The Morgan fingerprint density at radius 3 is 2.50 bits per heavy atom. The third kappa shape index (κ3) is 5.75. The number of hydrogen-bond acceptors (Lipinski definition) is 6. The summed E-state index contributed by atoms with van der Waals surface area (Å²) in [5, 5.41) is 3.55. The second-order valence-corrected chi connectivity index (χ2v) is 9.47. The zero-order valence-corrected chi connectivity index (χ0v) is 19.8. The van der Waals surface area contributed by atoms with Crippen molar-refractivity contribution in [3.05, 3.63) is 47.2 Å². The van der Waals surface area contributed by atoms with Gasteiger partial charge in [0, 0.05) is 57.6 Å². The van der Waals surface area contributed by atoms with Crippen LogP contribution in [0.15, 0.2) is 24.3 Å². The third-order valence-electron chi connectivity index (χ3n) is 6.49. The summed E-state index contributed by atoms with van der Waals surface area (Å²) < 4.78 is 14.9. The summed E-state index contributed by atoms with van der Waals surface area (Å²) >= 11 is 0. The van der Waals surface area contributed by atoms with Gasteiger partial charge in [-0.25, -0.2) is 14.4 Å². The number of halogens is 1. The van der Waals surface area contributed by atoms with Crippen molar-refractivity contribution in [1.82, 2.24) is 20.2 Å². The van der Waals surface area contributed by atoms with Crippen molar-refractivity contribution in [1.29, 1.82) is 0 Å². The Morgan fingerprint density at radius 1 is 1.00 bits per heavy atom. The molecule has 1 aromatic carbocycles. The summed E-state index contributed by atoms with van der Waals surface area (Å²) in [6.45, 7) is 4.26. The molecule has 2 aliphatic heterocycles. The van der Waals surface area contributed by atoms with Crippen LogP contribution in [-0.2, 0) is 13.1 Å². The quantitative estimate of drug-likeness (QED) is 0.699. The number of nitrogens with zero attached hydrogens (tertiary/aromatic N) is 5. The van der Waals surface area contributed by atoms with Crippen LogP contribution in [0.25, 0.3) is 0 Å². The van der Waals surface area contributed by atoms with Crippen molar-refractivity contribution in [2.75, 3.05) is 50.6 Å². The van der Waals surface area contributed by atoms with Crippen molar-refractivity contribution in [2.45, 2.75) is 57.7 Å². The predicted molar refractivity (Wildman–Crippen MR) is 129 cm³/mol. The van der Waals surface area contributed by atoms with Crippen molar-refractivity contribution in [3.8, 4) is 0 Å². The topological polar surface area (TPSA) is 47.5 Å². The molecule has 2 fully saturated rings. The SMILES string of the molecule is CN(Cc1cc(N(C)C)nc([C@@H]2CCCCN2)n1)Cc1ccc(N2CCCCC2)cc1F. The lowest BCUT2D eigenvalue weighted by Crippen LogP contribution is -2.30.